The van der Waals surface area contributed by atoms with Crippen LogP contribution in [-0.2, 0) is 0 Å². The van der Waals surface area contributed by atoms with Crippen LogP contribution in [0.1, 0.15) is 18.5 Å². The molecule has 4 heteroatoms. The highest BCUT2D eigenvalue weighted by Gasteiger charge is 2.20. The van der Waals surface area contributed by atoms with Gasteiger partial charge in [-0.1, -0.05) is 37.3 Å². The fourth-order valence-electron chi connectivity index (χ4n) is 2.17. The summed E-state index contributed by atoms with van der Waals surface area (Å²) in [4.78, 5) is 0.341. The minimum Gasteiger partial charge on any atom is -0.312 e. The van der Waals surface area contributed by atoms with Crippen molar-refractivity contribution in [1.82, 2.24) is 5.32 Å². The highest BCUT2D eigenvalue weighted by atomic mass is 32.2. The zero-order valence-electron chi connectivity index (χ0n) is 11.4. The third-order valence-corrected chi connectivity index (χ3v) is 4.36. The molecule has 1 nitrogen and oxygen atoms in total. The standard InChI is InChI=1S/C16H17F2NS/c1-11(16(19-2)12-6-4-3-5-7-12)20-15-10-13(17)8-9-14(15)18/h3-11,16,19H,1-2H3. The molecule has 0 radical (unpaired) electrons. The van der Waals surface area contributed by atoms with E-state index in [1.807, 2.05) is 44.3 Å². The minimum absolute atomic E-state index is 0.0682. The molecule has 0 aliphatic carbocycles. The number of rotatable bonds is 5. The predicted octanol–water partition coefficient (Wildman–Crippen LogP) is 4.41. The van der Waals surface area contributed by atoms with E-state index in [-0.39, 0.29) is 17.1 Å². The van der Waals surface area contributed by atoms with Crippen molar-refractivity contribution in [2.45, 2.75) is 23.1 Å². The first kappa shape index (κ1) is 15.0. The fraction of sp³-hybridized carbons (Fsp3) is 0.250. The van der Waals surface area contributed by atoms with E-state index in [0.717, 1.165) is 11.6 Å². The Morgan fingerprint density at radius 3 is 2.40 bits per heavy atom. The number of benzene rings is 2. The van der Waals surface area contributed by atoms with E-state index in [1.54, 1.807) is 0 Å². The Morgan fingerprint density at radius 2 is 1.75 bits per heavy atom. The maximum atomic E-state index is 13.7. The summed E-state index contributed by atoms with van der Waals surface area (Å²) in [6.07, 6.45) is 0. The second kappa shape index (κ2) is 6.86. The SMILES string of the molecule is CNC(c1ccccc1)C(C)Sc1cc(F)ccc1F. The third-order valence-electron chi connectivity index (χ3n) is 3.15. The number of hydrogen-bond acceptors (Lipinski definition) is 2. The van der Waals surface area contributed by atoms with Crippen molar-refractivity contribution >= 4 is 11.8 Å². The molecule has 0 amide bonds. The molecule has 0 spiro atoms. The van der Waals surface area contributed by atoms with Crippen molar-refractivity contribution in [1.29, 1.82) is 0 Å². The number of hydrogen-bond donors (Lipinski definition) is 1. The fourth-order valence-corrected chi connectivity index (χ4v) is 3.36. The van der Waals surface area contributed by atoms with Gasteiger partial charge >= 0.3 is 0 Å². The van der Waals surface area contributed by atoms with Gasteiger partial charge in [-0.3, -0.25) is 0 Å². The van der Waals surface area contributed by atoms with E-state index in [2.05, 4.69) is 5.32 Å². The topological polar surface area (TPSA) is 12.0 Å². The Morgan fingerprint density at radius 1 is 1.05 bits per heavy atom. The van der Waals surface area contributed by atoms with Gasteiger partial charge in [-0.05, 0) is 30.8 Å². The van der Waals surface area contributed by atoms with Gasteiger partial charge in [0.15, 0.2) is 0 Å². The van der Waals surface area contributed by atoms with Crippen LogP contribution in [0.5, 0.6) is 0 Å². The van der Waals surface area contributed by atoms with Crippen LogP contribution in [-0.4, -0.2) is 12.3 Å². The molecule has 2 atom stereocenters. The molecule has 0 aliphatic heterocycles. The average Bonchev–Trinajstić information content (AvgIpc) is 2.45. The molecule has 0 heterocycles. The second-order valence-corrected chi connectivity index (χ2v) is 5.99. The maximum Gasteiger partial charge on any atom is 0.136 e. The van der Waals surface area contributed by atoms with Gasteiger partial charge in [0.05, 0.1) is 0 Å². The van der Waals surface area contributed by atoms with E-state index in [4.69, 9.17) is 0 Å². The summed E-state index contributed by atoms with van der Waals surface area (Å²) in [5.74, 6) is -0.798. The summed E-state index contributed by atoms with van der Waals surface area (Å²) in [5.41, 5.74) is 1.13. The average molecular weight is 293 g/mol. The molecule has 0 saturated carbocycles. The zero-order chi connectivity index (χ0) is 14.5. The van der Waals surface area contributed by atoms with Crippen LogP contribution in [0.3, 0.4) is 0 Å². The quantitative estimate of drug-likeness (QED) is 0.820. The molecule has 0 fully saturated rings. The lowest BCUT2D eigenvalue weighted by Gasteiger charge is -2.23. The highest BCUT2D eigenvalue weighted by Crippen LogP contribution is 2.33. The van der Waals surface area contributed by atoms with Crippen molar-refractivity contribution in [3.05, 3.63) is 65.7 Å². The molecule has 2 aromatic carbocycles. The summed E-state index contributed by atoms with van der Waals surface area (Å²) in [6, 6.07) is 13.6. The van der Waals surface area contributed by atoms with Crippen LogP contribution in [0.2, 0.25) is 0 Å². The van der Waals surface area contributed by atoms with E-state index in [0.29, 0.717) is 4.90 Å². The van der Waals surface area contributed by atoms with Crippen LogP contribution in [0.25, 0.3) is 0 Å². The summed E-state index contributed by atoms with van der Waals surface area (Å²) >= 11 is 1.33. The van der Waals surface area contributed by atoms with Crippen molar-refractivity contribution in [3.8, 4) is 0 Å². The van der Waals surface area contributed by atoms with Gasteiger partial charge in [0.25, 0.3) is 0 Å². The molecule has 0 aliphatic rings. The van der Waals surface area contributed by atoms with E-state index >= 15 is 0 Å². The number of halogens is 2. The summed E-state index contributed by atoms with van der Waals surface area (Å²) in [6.45, 7) is 2.00. The highest BCUT2D eigenvalue weighted by molar-refractivity contribution is 8.00. The Balaban J connectivity index is 2.17. The lowest BCUT2D eigenvalue weighted by Crippen LogP contribution is -2.25. The van der Waals surface area contributed by atoms with Gasteiger partial charge < -0.3 is 5.32 Å². The zero-order valence-corrected chi connectivity index (χ0v) is 12.3. The van der Waals surface area contributed by atoms with Crippen molar-refractivity contribution in [3.63, 3.8) is 0 Å². The maximum absolute atomic E-state index is 13.7. The molecule has 2 aromatic rings. The minimum atomic E-state index is -0.415. The summed E-state index contributed by atoms with van der Waals surface area (Å²) in [7, 11) is 1.87. The lowest BCUT2D eigenvalue weighted by molar-refractivity contribution is 0.570. The van der Waals surface area contributed by atoms with E-state index in [9.17, 15) is 8.78 Å². The van der Waals surface area contributed by atoms with Crippen LogP contribution in [0.15, 0.2) is 53.4 Å². The lowest BCUT2D eigenvalue weighted by atomic mass is 10.0. The van der Waals surface area contributed by atoms with Crippen LogP contribution >= 0.6 is 11.8 Å². The predicted molar refractivity (Wildman–Crippen MR) is 79.9 cm³/mol. The first-order chi connectivity index (χ1) is 9.61. The van der Waals surface area contributed by atoms with Gasteiger partial charge in [0, 0.05) is 16.2 Å². The van der Waals surface area contributed by atoms with Gasteiger partial charge in [0.1, 0.15) is 11.6 Å². The molecule has 0 bridgehead atoms. The molecule has 0 saturated heterocycles. The van der Waals surface area contributed by atoms with Crippen LogP contribution in [0, 0.1) is 11.6 Å². The molecule has 2 rings (SSSR count). The van der Waals surface area contributed by atoms with Crippen molar-refractivity contribution < 1.29 is 8.78 Å². The van der Waals surface area contributed by atoms with Crippen molar-refractivity contribution in [2.75, 3.05) is 7.05 Å². The molecule has 106 valence electrons. The molecule has 20 heavy (non-hydrogen) atoms. The largest absolute Gasteiger partial charge is 0.312 e. The van der Waals surface area contributed by atoms with Crippen LogP contribution < -0.4 is 5.32 Å². The summed E-state index contributed by atoms with van der Waals surface area (Å²) in [5, 5.41) is 3.30. The Bertz CT molecular complexity index is 560. The molecular formula is C16H17F2NS. The first-order valence-electron chi connectivity index (χ1n) is 6.45. The van der Waals surface area contributed by atoms with Gasteiger partial charge in [-0.15, -0.1) is 11.8 Å². The van der Waals surface area contributed by atoms with E-state index < -0.39 is 5.82 Å². The summed E-state index contributed by atoms with van der Waals surface area (Å²) < 4.78 is 26.9. The monoisotopic (exact) mass is 293 g/mol. The van der Waals surface area contributed by atoms with Gasteiger partial charge in [0.2, 0.25) is 0 Å². The van der Waals surface area contributed by atoms with Crippen molar-refractivity contribution in [2.24, 2.45) is 0 Å². The molecule has 2 unspecified atom stereocenters. The Hall–Kier alpha value is -1.39. The Kier molecular flexibility index (Phi) is 5.15. The van der Waals surface area contributed by atoms with Gasteiger partial charge in [-0.25, -0.2) is 8.78 Å². The first-order valence-corrected chi connectivity index (χ1v) is 7.33. The van der Waals surface area contributed by atoms with Crippen LogP contribution in [0.4, 0.5) is 8.78 Å². The smallest absolute Gasteiger partial charge is 0.136 e. The molecule has 0 aromatic heterocycles. The number of nitrogens with one attached hydrogen (secondary N) is 1. The van der Waals surface area contributed by atoms with E-state index in [1.165, 1.54) is 23.9 Å². The normalized spacial score (nSPS) is 14.0. The second-order valence-electron chi connectivity index (χ2n) is 4.57. The number of thioether (sulfide) groups is 1. The van der Waals surface area contributed by atoms with Gasteiger partial charge in [-0.2, -0.15) is 0 Å². The molecular weight excluding hydrogens is 276 g/mol. The molecule has 1 N–H and O–H groups in total. The Labute approximate surface area is 122 Å². The third kappa shape index (κ3) is 3.58.